The van der Waals surface area contributed by atoms with Gasteiger partial charge >= 0.3 is 0 Å². The maximum Gasteiger partial charge on any atom is 0.246 e. The van der Waals surface area contributed by atoms with Gasteiger partial charge < -0.3 is 5.21 Å². The van der Waals surface area contributed by atoms with Crippen LogP contribution in [0.4, 0.5) is 8.78 Å². The second-order valence-electron chi connectivity index (χ2n) is 1.73. The monoisotopic (exact) mass is 125 g/mol. The van der Waals surface area contributed by atoms with Crippen molar-refractivity contribution in [1.29, 1.82) is 0 Å². The normalized spacial score (nSPS) is 12.0. The molecule has 0 aliphatic rings. The lowest BCUT2D eigenvalue weighted by Gasteiger charge is -2.06. The van der Waals surface area contributed by atoms with Gasteiger partial charge in [0, 0.05) is 13.0 Å². The van der Waals surface area contributed by atoms with E-state index in [1.54, 1.807) is 5.48 Å². The van der Waals surface area contributed by atoms with Crippen LogP contribution in [0.3, 0.4) is 0 Å². The third-order valence-corrected chi connectivity index (χ3v) is 0.676. The number of halogens is 2. The number of hydrogen-bond donors (Lipinski definition) is 2. The Morgan fingerprint density at radius 3 is 2.25 bits per heavy atom. The van der Waals surface area contributed by atoms with Gasteiger partial charge in [0.25, 0.3) is 0 Å². The predicted octanol–water partition coefficient (Wildman–Crippen LogP) is 1.01. The molecule has 0 heterocycles. The molecule has 0 aromatic carbocycles. The van der Waals surface area contributed by atoms with Gasteiger partial charge in [0.2, 0.25) is 5.92 Å². The van der Waals surface area contributed by atoms with Gasteiger partial charge in [-0.05, 0) is 6.92 Å². The lowest BCUT2D eigenvalue weighted by atomic mass is 10.3. The van der Waals surface area contributed by atoms with E-state index in [4.69, 9.17) is 5.21 Å². The topological polar surface area (TPSA) is 32.3 Å². The highest BCUT2D eigenvalue weighted by atomic mass is 19.3. The Kier molecular flexibility index (Phi) is 2.86. The first-order valence-corrected chi connectivity index (χ1v) is 2.31. The zero-order chi connectivity index (χ0) is 6.62. The van der Waals surface area contributed by atoms with E-state index in [0.717, 1.165) is 6.92 Å². The molecule has 0 rings (SSSR count). The first-order valence-electron chi connectivity index (χ1n) is 2.31. The molecule has 0 spiro atoms. The molecular weight excluding hydrogens is 116 g/mol. The molecule has 0 aliphatic carbocycles. The van der Waals surface area contributed by atoms with Crippen molar-refractivity contribution in [3.05, 3.63) is 0 Å². The highest BCUT2D eigenvalue weighted by Gasteiger charge is 2.19. The molecule has 2 nitrogen and oxygen atoms in total. The van der Waals surface area contributed by atoms with Gasteiger partial charge in [-0.15, -0.1) is 0 Å². The van der Waals surface area contributed by atoms with E-state index in [1.165, 1.54) is 0 Å². The zero-order valence-electron chi connectivity index (χ0n) is 4.62. The van der Waals surface area contributed by atoms with Gasteiger partial charge in [0.15, 0.2) is 0 Å². The van der Waals surface area contributed by atoms with Crippen LogP contribution in [-0.2, 0) is 0 Å². The van der Waals surface area contributed by atoms with Crippen LogP contribution < -0.4 is 5.48 Å². The van der Waals surface area contributed by atoms with Gasteiger partial charge in [-0.3, -0.25) is 0 Å². The minimum absolute atomic E-state index is 0.0660. The van der Waals surface area contributed by atoms with Crippen LogP contribution in [-0.4, -0.2) is 17.7 Å². The van der Waals surface area contributed by atoms with Crippen molar-refractivity contribution < 1.29 is 14.0 Å². The van der Waals surface area contributed by atoms with Crippen molar-refractivity contribution in [3.8, 4) is 0 Å². The zero-order valence-corrected chi connectivity index (χ0v) is 4.62. The number of nitrogens with one attached hydrogen (secondary N) is 1. The van der Waals surface area contributed by atoms with Crippen molar-refractivity contribution in [2.45, 2.75) is 19.3 Å². The quantitative estimate of drug-likeness (QED) is 0.552. The van der Waals surface area contributed by atoms with Gasteiger partial charge in [0.05, 0.1) is 0 Å². The molecule has 0 amide bonds. The fraction of sp³-hybridized carbons (Fsp3) is 1.00. The maximum atomic E-state index is 11.8. The van der Waals surface area contributed by atoms with Gasteiger partial charge in [0.1, 0.15) is 0 Å². The minimum atomic E-state index is -2.67. The van der Waals surface area contributed by atoms with E-state index in [1.807, 2.05) is 0 Å². The second kappa shape index (κ2) is 2.94. The van der Waals surface area contributed by atoms with Crippen molar-refractivity contribution in [1.82, 2.24) is 5.48 Å². The molecule has 0 unspecified atom stereocenters. The van der Waals surface area contributed by atoms with Crippen molar-refractivity contribution >= 4 is 0 Å². The van der Waals surface area contributed by atoms with Crippen molar-refractivity contribution in [2.24, 2.45) is 0 Å². The molecular formula is C4H9F2NO. The summed E-state index contributed by atoms with van der Waals surface area (Å²) in [6.07, 6.45) is -0.330. The molecule has 0 atom stereocenters. The van der Waals surface area contributed by atoms with Gasteiger partial charge in [-0.25, -0.2) is 14.3 Å². The van der Waals surface area contributed by atoms with E-state index in [2.05, 4.69) is 0 Å². The smallest absolute Gasteiger partial charge is 0.246 e. The summed E-state index contributed by atoms with van der Waals surface area (Å²) in [4.78, 5) is 0. The fourth-order valence-corrected chi connectivity index (χ4v) is 0.275. The van der Waals surface area contributed by atoms with Gasteiger partial charge in [-0.2, -0.15) is 0 Å². The van der Waals surface area contributed by atoms with Crippen LogP contribution in [0.15, 0.2) is 0 Å². The molecule has 50 valence electrons. The second-order valence-corrected chi connectivity index (χ2v) is 1.73. The molecule has 0 saturated carbocycles. The van der Waals surface area contributed by atoms with E-state index in [0.29, 0.717) is 0 Å². The van der Waals surface area contributed by atoms with Crippen LogP contribution in [0.5, 0.6) is 0 Å². The highest BCUT2D eigenvalue weighted by Crippen LogP contribution is 2.14. The first-order chi connectivity index (χ1) is 3.56. The van der Waals surface area contributed by atoms with E-state index >= 15 is 0 Å². The number of hydrogen-bond acceptors (Lipinski definition) is 2. The lowest BCUT2D eigenvalue weighted by molar-refractivity contribution is 0.00286. The van der Waals surface area contributed by atoms with E-state index in [-0.39, 0.29) is 13.0 Å². The standard InChI is InChI=1S/C4H9F2NO/c1-4(5,6)2-3-7-8/h7-8H,2-3H2,1H3. The summed E-state index contributed by atoms with van der Waals surface area (Å²) in [5.74, 6) is -2.67. The third kappa shape index (κ3) is 5.78. The molecule has 2 N–H and O–H groups in total. The molecule has 0 saturated heterocycles. The average molecular weight is 125 g/mol. The highest BCUT2D eigenvalue weighted by molar-refractivity contribution is 4.56. The van der Waals surface area contributed by atoms with Crippen LogP contribution in [0.2, 0.25) is 0 Å². The first kappa shape index (κ1) is 7.78. The Morgan fingerprint density at radius 1 is 1.62 bits per heavy atom. The minimum Gasteiger partial charge on any atom is -0.317 e. The maximum absolute atomic E-state index is 11.8. The molecule has 0 aliphatic heterocycles. The Bertz CT molecular complexity index is 61.5. The average Bonchev–Trinajstić information content (AvgIpc) is 1.59. The molecule has 8 heavy (non-hydrogen) atoms. The molecule has 4 heteroatoms. The molecule has 0 aromatic rings. The summed E-state index contributed by atoms with van der Waals surface area (Å²) in [5.41, 5.74) is 1.64. The Morgan fingerprint density at radius 2 is 2.12 bits per heavy atom. The van der Waals surface area contributed by atoms with E-state index < -0.39 is 5.92 Å². The Hall–Kier alpha value is -0.220. The SMILES string of the molecule is CC(F)(F)CCNO. The molecule has 0 bridgehead atoms. The van der Waals surface area contributed by atoms with Crippen molar-refractivity contribution in [2.75, 3.05) is 6.54 Å². The Balaban J connectivity index is 3.11. The van der Waals surface area contributed by atoms with Gasteiger partial charge in [-0.1, -0.05) is 0 Å². The predicted molar refractivity (Wildman–Crippen MR) is 25.0 cm³/mol. The van der Waals surface area contributed by atoms with Crippen LogP contribution in [0, 0.1) is 0 Å². The summed E-state index contributed by atoms with van der Waals surface area (Å²) >= 11 is 0. The lowest BCUT2D eigenvalue weighted by Crippen LogP contribution is -2.19. The summed E-state index contributed by atoms with van der Waals surface area (Å²) < 4.78 is 23.5. The summed E-state index contributed by atoms with van der Waals surface area (Å²) in [6.45, 7) is 0.744. The molecule has 0 fully saturated rings. The largest absolute Gasteiger partial charge is 0.317 e. The van der Waals surface area contributed by atoms with Crippen LogP contribution in [0.1, 0.15) is 13.3 Å². The summed E-state index contributed by atoms with van der Waals surface area (Å²) in [7, 11) is 0. The van der Waals surface area contributed by atoms with E-state index in [9.17, 15) is 8.78 Å². The summed E-state index contributed by atoms with van der Waals surface area (Å²) in [6, 6.07) is 0. The third-order valence-electron chi connectivity index (χ3n) is 0.676. The fourth-order valence-electron chi connectivity index (χ4n) is 0.275. The van der Waals surface area contributed by atoms with Crippen LogP contribution in [0.25, 0.3) is 0 Å². The number of hydroxylamine groups is 1. The number of rotatable bonds is 3. The van der Waals surface area contributed by atoms with Crippen molar-refractivity contribution in [3.63, 3.8) is 0 Å². The Labute approximate surface area is 46.5 Å². The number of alkyl halides is 2. The molecule has 0 radical (unpaired) electrons. The molecule has 0 aromatic heterocycles. The summed E-state index contributed by atoms with van der Waals surface area (Å²) in [5, 5.41) is 7.85. The van der Waals surface area contributed by atoms with Crippen LogP contribution >= 0.6 is 0 Å².